The van der Waals surface area contributed by atoms with Gasteiger partial charge in [-0.3, -0.25) is 4.79 Å². The van der Waals surface area contributed by atoms with Gasteiger partial charge in [0, 0.05) is 6.42 Å². The standard InChI is InChI=1S/C20H22N2O3S/c1-3-14-6-8-15(9-7-14)25-12-4-5-19(23)22-20-21-17-11-10-16(24-2)13-18(17)26-20/h6-11,13H,3-5,12H2,1-2H3,(H,21,22,23). The number of aromatic nitrogens is 1. The van der Waals surface area contributed by atoms with Crippen LogP contribution in [0.5, 0.6) is 11.5 Å². The molecular weight excluding hydrogens is 348 g/mol. The number of hydrogen-bond acceptors (Lipinski definition) is 5. The van der Waals surface area contributed by atoms with Crippen LogP contribution in [0.15, 0.2) is 42.5 Å². The van der Waals surface area contributed by atoms with Crippen LogP contribution in [0, 0.1) is 0 Å². The van der Waals surface area contributed by atoms with E-state index in [-0.39, 0.29) is 5.91 Å². The molecule has 0 fully saturated rings. The van der Waals surface area contributed by atoms with Crippen molar-refractivity contribution in [1.29, 1.82) is 0 Å². The lowest BCUT2D eigenvalue weighted by Crippen LogP contribution is -2.12. The summed E-state index contributed by atoms with van der Waals surface area (Å²) >= 11 is 1.44. The van der Waals surface area contributed by atoms with Gasteiger partial charge in [-0.05, 0) is 48.7 Å². The summed E-state index contributed by atoms with van der Waals surface area (Å²) < 4.78 is 11.9. The zero-order valence-corrected chi connectivity index (χ0v) is 15.8. The molecule has 1 amide bonds. The van der Waals surface area contributed by atoms with Crippen LogP contribution in [-0.2, 0) is 11.2 Å². The van der Waals surface area contributed by atoms with Gasteiger partial charge in [0.05, 0.1) is 23.9 Å². The first-order valence-electron chi connectivity index (χ1n) is 8.64. The van der Waals surface area contributed by atoms with E-state index >= 15 is 0 Å². The topological polar surface area (TPSA) is 60.5 Å². The highest BCUT2D eigenvalue weighted by Crippen LogP contribution is 2.29. The normalized spacial score (nSPS) is 10.7. The van der Waals surface area contributed by atoms with Gasteiger partial charge in [-0.1, -0.05) is 30.4 Å². The minimum atomic E-state index is -0.0547. The number of rotatable bonds is 8. The lowest BCUT2D eigenvalue weighted by molar-refractivity contribution is -0.116. The first-order valence-corrected chi connectivity index (χ1v) is 9.45. The number of fused-ring (bicyclic) bond motifs is 1. The Labute approximate surface area is 157 Å². The van der Waals surface area contributed by atoms with E-state index in [1.54, 1.807) is 7.11 Å². The number of hydrogen-bond donors (Lipinski definition) is 1. The van der Waals surface area contributed by atoms with Gasteiger partial charge >= 0.3 is 0 Å². The second-order valence-corrected chi connectivity index (χ2v) is 6.88. The molecule has 0 aliphatic rings. The summed E-state index contributed by atoms with van der Waals surface area (Å²) in [7, 11) is 1.63. The highest BCUT2D eigenvalue weighted by atomic mass is 32.1. The summed E-state index contributed by atoms with van der Waals surface area (Å²) in [5, 5.41) is 3.46. The summed E-state index contributed by atoms with van der Waals surface area (Å²) in [5.74, 6) is 1.56. The minimum Gasteiger partial charge on any atom is -0.497 e. The predicted molar refractivity (Wildman–Crippen MR) is 105 cm³/mol. The molecular formula is C20H22N2O3S. The Morgan fingerprint density at radius 2 is 1.92 bits per heavy atom. The molecule has 0 aliphatic heterocycles. The summed E-state index contributed by atoms with van der Waals surface area (Å²) in [6.07, 6.45) is 2.06. The predicted octanol–water partition coefficient (Wildman–Crippen LogP) is 4.67. The Balaban J connectivity index is 1.45. The maximum Gasteiger partial charge on any atom is 0.226 e. The van der Waals surface area contributed by atoms with Gasteiger partial charge in [0.2, 0.25) is 5.91 Å². The van der Waals surface area contributed by atoms with Crippen molar-refractivity contribution in [2.45, 2.75) is 26.2 Å². The van der Waals surface area contributed by atoms with E-state index in [0.717, 1.165) is 28.1 Å². The highest BCUT2D eigenvalue weighted by Gasteiger charge is 2.08. The molecule has 0 bridgehead atoms. The fourth-order valence-electron chi connectivity index (χ4n) is 2.51. The van der Waals surface area contributed by atoms with Crippen LogP contribution in [0.25, 0.3) is 10.2 Å². The second-order valence-electron chi connectivity index (χ2n) is 5.85. The van der Waals surface area contributed by atoms with Gasteiger partial charge in [-0.25, -0.2) is 4.98 Å². The van der Waals surface area contributed by atoms with E-state index in [1.807, 2.05) is 30.3 Å². The molecule has 1 aromatic heterocycles. The number of aryl methyl sites for hydroxylation is 1. The third-order valence-electron chi connectivity index (χ3n) is 3.99. The van der Waals surface area contributed by atoms with E-state index in [0.29, 0.717) is 24.6 Å². The van der Waals surface area contributed by atoms with Crippen LogP contribution in [0.1, 0.15) is 25.3 Å². The quantitative estimate of drug-likeness (QED) is 0.586. The van der Waals surface area contributed by atoms with Crippen LogP contribution >= 0.6 is 11.3 Å². The van der Waals surface area contributed by atoms with Crippen molar-refractivity contribution in [2.75, 3.05) is 19.0 Å². The van der Waals surface area contributed by atoms with Crippen LogP contribution in [0.4, 0.5) is 5.13 Å². The molecule has 26 heavy (non-hydrogen) atoms. The molecule has 6 heteroatoms. The van der Waals surface area contributed by atoms with Crippen LogP contribution < -0.4 is 14.8 Å². The molecule has 3 rings (SSSR count). The molecule has 0 unspecified atom stereocenters. The van der Waals surface area contributed by atoms with Crippen molar-refractivity contribution >= 4 is 32.6 Å². The van der Waals surface area contributed by atoms with Crippen LogP contribution in [-0.4, -0.2) is 24.6 Å². The number of thiazole rings is 1. The van der Waals surface area contributed by atoms with Crippen molar-refractivity contribution in [3.8, 4) is 11.5 Å². The summed E-state index contributed by atoms with van der Waals surface area (Å²) in [5.41, 5.74) is 2.13. The van der Waals surface area contributed by atoms with Gasteiger partial charge in [0.1, 0.15) is 11.5 Å². The molecule has 0 saturated carbocycles. The van der Waals surface area contributed by atoms with Crippen molar-refractivity contribution in [3.05, 3.63) is 48.0 Å². The smallest absolute Gasteiger partial charge is 0.226 e. The molecule has 0 saturated heterocycles. The number of benzene rings is 2. The van der Waals surface area contributed by atoms with Gasteiger partial charge in [0.25, 0.3) is 0 Å². The molecule has 0 spiro atoms. The molecule has 0 radical (unpaired) electrons. The van der Waals surface area contributed by atoms with Gasteiger partial charge in [0.15, 0.2) is 5.13 Å². The molecule has 1 N–H and O–H groups in total. The Hall–Kier alpha value is -2.60. The summed E-state index contributed by atoms with van der Waals surface area (Å²) in [6.45, 7) is 2.63. The largest absolute Gasteiger partial charge is 0.497 e. The molecule has 1 heterocycles. The third-order valence-corrected chi connectivity index (χ3v) is 4.92. The van der Waals surface area contributed by atoms with Gasteiger partial charge in [-0.15, -0.1) is 0 Å². The second kappa shape index (κ2) is 8.67. The SMILES string of the molecule is CCc1ccc(OCCCC(=O)Nc2nc3ccc(OC)cc3s2)cc1. The Morgan fingerprint density at radius 3 is 2.65 bits per heavy atom. The van der Waals surface area contributed by atoms with Crippen molar-refractivity contribution in [1.82, 2.24) is 4.98 Å². The van der Waals surface area contributed by atoms with Gasteiger partial charge in [-0.2, -0.15) is 0 Å². The number of carbonyl (C=O) groups is 1. The van der Waals surface area contributed by atoms with Gasteiger partial charge < -0.3 is 14.8 Å². The van der Waals surface area contributed by atoms with Crippen molar-refractivity contribution < 1.29 is 14.3 Å². The van der Waals surface area contributed by atoms with Crippen molar-refractivity contribution in [2.24, 2.45) is 0 Å². The maximum absolute atomic E-state index is 12.1. The van der Waals surface area contributed by atoms with E-state index in [1.165, 1.54) is 16.9 Å². The first kappa shape index (κ1) is 18.2. The van der Waals surface area contributed by atoms with E-state index < -0.39 is 0 Å². The zero-order chi connectivity index (χ0) is 18.4. The Morgan fingerprint density at radius 1 is 1.15 bits per heavy atom. The van der Waals surface area contributed by atoms with Crippen LogP contribution in [0.2, 0.25) is 0 Å². The monoisotopic (exact) mass is 370 g/mol. The van der Waals surface area contributed by atoms with E-state index in [4.69, 9.17) is 9.47 Å². The average molecular weight is 370 g/mol. The Bertz CT molecular complexity index is 874. The number of nitrogens with one attached hydrogen (secondary N) is 1. The summed E-state index contributed by atoms with van der Waals surface area (Å²) in [6, 6.07) is 13.7. The van der Waals surface area contributed by atoms with E-state index in [9.17, 15) is 4.79 Å². The molecule has 0 aliphatic carbocycles. The lowest BCUT2D eigenvalue weighted by atomic mass is 10.2. The van der Waals surface area contributed by atoms with Crippen molar-refractivity contribution in [3.63, 3.8) is 0 Å². The number of amides is 1. The number of ether oxygens (including phenoxy) is 2. The molecule has 5 nitrogen and oxygen atoms in total. The highest BCUT2D eigenvalue weighted by molar-refractivity contribution is 7.22. The zero-order valence-electron chi connectivity index (χ0n) is 15.0. The third kappa shape index (κ3) is 4.73. The first-order chi connectivity index (χ1) is 12.7. The summed E-state index contributed by atoms with van der Waals surface area (Å²) in [4.78, 5) is 16.5. The Kier molecular flexibility index (Phi) is 6.07. The number of methoxy groups -OCH3 is 1. The number of carbonyl (C=O) groups excluding carboxylic acids is 1. The lowest BCUT2D eigenvalue weighted by Gasteiger charge is -2.06. The number of nitrogens with zero attached hydrogens (tertiary/aromatic N) is 1. The fourth-order valence-corrected chi connectivity index (χ4v) is 3.42. The molecule has 2 aromatic carbocycles. The molecule has 136 valence electrons. The fraction of sp³-hybridized carbons (Fsp3) is 0.300. The average Bonchev–Trinajstić information content (AvgIpc) is 3.06. The number of anilines is 1. The molecule has 0 atom stereocenters. The maximum atomic E-state index is 12.1. The molecule has 3 aromatic rings. The van der Waals surface area contributed by atoms with Crippen LogP contribution in [0.3, 0.4) is 0 Å². The van der Waals surface area contributed by atoms with E-state index in [2.05, 4.69) is 29.4 Å². The minimum absolute atomic E-state index is 0.0547.